The van der Waals surface area contributed by atoms with Crippen molar-refractivity contribution in [2.45, 2.75) is 19.1 Å². The van der Waals surface area contributed by atoms with E-state index in [1.165, 1.54) is 0 Å². The van der Waals surface area contributed by atoms with E-state index in [1.54, 1.807) is 0 Å². The first-order chi connectivity index (χ1) is 19.1. The molecule has 0 aliphatic carbocycles. The highest BCUT2D eigenvalue weighted by molar-refractivity contribution is 6.16. The van der Waals surface area contributed by atoms with E-state index < -0.39 is 71.0 Å². The second-order valence-electron chi connectivity index (χ2n) is 7.89. The Morgan fingerprint density at radius 3 is 1.63 bits per heavy atom. The number of esters is 1. The number of phenols is 1. The largest absolute Gasteiger partial charge is 0.573 e. The molecule has 1 N–H and O–H groups in total. The molecule has 0 bridgehead atoms. The van der Waals surface area contributed by atoms with Crippen LogP contribution in [-0.4, -0.2) is 49.6 Å². The number of alkyl halides is 6. The highest BCUT2D eigenvalue weighted by Gasteiger charge is 2.33. The van der Waals surface area contributed by atoms with Crippen LogP contribution in [-0.2, 0) is 0 Å². The molecule has 0 saturated heterocycles. The summed E-state index contributed by atoms with van der Waals surface area (Å²) in [4.78, 5) is 38.4. The Morgan fingerprint density at radius 1 is 0.707 bits per heavy atom. The van der Waals surface area contributed by atoms with Crippen LogP contribution in [0.2, 0.25) is 0 Å². The predicted octanol–water partition coefficient (Wildman–Crippen LogP) is 5.88. The van der Waals surface area contributed by atoms with E-state index in [9.17, 15) is 45.8 Å². The first-order valence-electron chi connectivity index (χ1n) is 11.1. The fraction of sp³-hybridized carbons (Fsp3) is 0.192. The Balaban J connectivity index is 1.86. The summed E-state index contributed by atoms with van der Waals surface area (Å²) in [6.45, 7) is 0. The highest BCUT2D eigenvalue weighted by atomic mass is 19.4. The van der Waals surface area contributed by atoms with Gasteiger partial charge in [-0.1, -0.05) is 0 Å². The normalized spacial score (nSPS) is 11.4. The van der Waals surface area contributed by atoms with Gasteiger partial charge in [0.1, 0.15) is 22.8 Å². The van der Waals surface area contributed by atoms with Crippen molar-refractivity contribution in [2.24, 2.45) is 0 Å². The van der Waals surface area contributed by atoms with Crippen molar-refractivity contribution in [3.8, 4) is 34.5 Å². The minimum atomic E-state index is -4.95. The molecule has 3 aromatic carbocycles. The summed E-state index contributed by atoms with van der Waals surface area (Å²) in [7, 11) is 2.18. The van der Waals surface area contributed by atoms with E-state index in [2.05, 4.69) is 9.47 Å². The Labute approximate surface area is 226 Å². The number of carbonyl (C=O) groups is 3. The van der Waals surface area contributed by atoms with Gasteiger partial charge in [0.25, 0.3) is 0 Å². The molecule has 0 aliphatic heterocycles. The Morgan fingerprint density at radius 2 is 1.20 bits per heavy atom. The summed E-state index contributed by atoms with van der Waals surface area (Å²) in [5.74, 6) is -6.21. The summed E-state index contributed by atoms with van der Waals surface area (Å²) in [6.07, 6.45) is -10.8. The molecule has 0 spiro atoms. The third-order valence-electron chi connectivity index (χ3n) is 5.13. The maximum absolute atomic E-state index is 13.0. The summed E-state index contributed by atoms with van der Waals surface area (Å²) >= 11 is 0. The van der Waals surface area contributed by atoms with Gasteiger partial charge in [0.2, 0.25) is 5.75 Å². The molecule has 0 radical (unpaired) electrons. The number of methoxy groups -OCH3 is 2. The average Bonchev–Trinajstić information content (AvgIpc) is 2.87. The second-order valence-corrected chi connectivity index (χ2v) is 7.89. The topological polar surface area (TPSA) is 118 Å². The third kappa shape index (κ3) is 8.03. The molecule has 218 valence electrons. The minimum Gasteiger partial charge on any atom is -0.507 e. The molecule has 0 amide bonds. The number of halogens is 6. The minimum absolute atomic E-state index is 0.149. The molecule has 3 aromatic rings. The van der Waals surface area contributed by atoms with E-state index in [1.807, 2.05) is 0 Å². The van der Waals surface area contributed by atoms with Gasteiger partial charge in [-0.05, 0) is 48.5 Å². The number of hydrogen-bond acceptors (Lipinski definition) is 9. The lowest BCUT2D eigenvalue weighted by Crippen LogP contribution is -2.17. The molecule has 0 saturated carbocycles. The summed E-state index contributed by atoms with van der Waals surface area (Å²) in [5, 5.41) is 10.5. The molecular formula is C26H18F6O9. The number of benzene rings is 3. The molecule has 0 unspecified atom stereocenters. The molecule has 3 rings (SSSR count). The molecule has 0 aliphatic rings. The first-order valence-corrected chi connectivity index (χ1v) is 11.1. The second kappa shape index (κ2) is 12.1. The fourth-order valence-electron chi connectivity index (χ4n) is 3.44. The van der Waals surface area contributed by atoms with Crippen molar-refractivity contribution >= 4 is 17.5 Å². The molecule has 0 fully saturated rings. The summed E-state index contributed by atoms with van der Waals surface area (Å²) < 4.78 is 97.2. The zero-order chi connectivity index (χ0) is 30.5. The number of phenolic OH excluding ortho intramolecular Hbond substituents is 1. The average molecular weight is 588 g/mol. The molecule has 9 nitrogen and oxygen atoms in total. The molecule has 0 heterocycles. The summed E-state index contributed by atoms with van der Waals surface area (Å²) in [5.41, 5.74) is -0.974. The van der Waals surface area contributed by atoms with Crippen LogP contribution in [0.15, 0.2) is 54.6 Å². The van der Waals surface area contributed by atoms with Crippen LogP contribution in [0, 0.1) is 0 Å². The van der Waals surface area contributed by atoms with Crippen LogP contribution in [0.1, 0.15) is 37.5 Å². The lowest BCUT2D eigenvalue weighted by atomic mass is 9.99. The smallest absolute Gasteiger partial charge is 0.507 e. The Kier molecular flexibility index (Phi) is 9.00. The quantitative estimate of drug-likeness (QED) is 0.102. The van der Waals surface area contributed by atoms with Gasteiger partial charge >= 0.3 is 18.7 Å². The van der Waals surface area contributed by atoms with Crippen LogP contribution in [0.4, 0.5) is 26.3 Å². The molecular weight excluding hydrogens is 570 g/mol. The number of hydrogen-bond donors (Lipinski definition) is 1. The number of Topliss-reactive ketones (excluding diaryl/α,β-unsaturated/α-hetero) is 2. The number of carbonyl (C=O) groups excluding carboxylic acids is 3. The van der Waals surface area contributed by atoms with Crippen molar-refractivity contribution in [3.05, 3.63) is 71.3 Å². The van der Waals surface area contributed by atoms with Crippen molar-refractivity contribution in [3.63, 3.8) is 0 Å². The SMILES string of the molecule is COc1cc(O)c(C(=O)CC(=O)c2ccc(OC(F)(F)F)cc2)c(OC)c1OC(=O)c1ccc(OC(F)(F)F)cc1. The molecule has 41 heavy (non-hydrogen) atoms. The van der Waals surface area contributed by atoms with Gasteiger partial charge < -0.3 is 28.8 Å². The molecule has 0 aromatic heterocycles. The third-order valence-corrected chi connectivity index (χ3v) is 5.13. The van der Waals surface area contributed by atoms with Crippen LogP contribution in [0.25, 0.3) is 0 Å². The molecule has 15 heteroatoms. The van der Waals surface area contributed by atoms with E-state index in [0.29, 0.717) is 0 Å². The number of ether oxygens (including phenoxy) is 5. The van der Waals surface area contributed by atoms with Gasteiger partial charge in [-0.15, -0.1) is 26.3 Å². The van der Waals surface area contributed by atoms with Gasteiger partial charge in [0.15, 0.2) is 23.1 Å². The van der Waals surface area contributed by atoms with Crippen LogP contribution in [0.5, 0.6) is 34.5 Å². The molecule has 0 atom stereocenters. The van der Waals surface area contributed by atoms with Crippen molar-refractivity contribution in [2.75, 3.05) is 14.2 Å². The van der Waals surface area contributed by atoms with Crippen LogP contribution in [0.3, 0.4) is 0 Å². The fourth-order valence-corrected chi connectivity index (χ4v) is 3.44. The predicted molar refractivity (Wildman–Crippen MR) is 126 cm³/mol. The lowest BCUT2D eigenvalue weighted by Gasteiger charge is -2.17. The van der Waals surface area contributed by atoms with Crippen LogP contribution >= 0.6 is 0 Å². The standard InChI is InChI=1S/C26H18F6O9/c1-37-20-12-19(35)21(18(34)11-17(33)13-3-7-15(8-4-13)40-25(27,28)29)23(38-2)22(20)39-24(36)14-5-9-16(10-6-14)41-26(30,31)32/h3-10,12,35H,11H2,1-2H3. The van der Waals surface area contributed by atoms with E-state index in [-0.39, 0.29) is 16.9 Å². The maximum Gasteiger partial charge on any atom is 0.573 e. The summed E-state index contributed by atoms with van der Waals surface area (Å²) in [6, 6.07) is 8.30. The maximum atomic E-state index is 13.0. The Hall–Kier alpha value is -4.95. The van der Waals surface area contributed by atoms with Gasteiger partial charge in [-0.3, -0.25) is 9.59 Å². The van der Waals surface area contributed by atoms with Gasteiger partial charge in [0, 0.05) is 11.6 Å². The van der Waals surface area contributed by atoms with Gasteiger partial charge in [0.05, 0.1) is 26.2 Å². The van der Waals surface area contributed by atoms with Crippen molar-refractivity contribution in [1.29, 1.82) is 0 Å². The zero-order valence-corrected chi connectivity index (χ0v) is 20.9. The van der Waals surface area contributed by atoms with Gasteiger partial charge in [-0.25, -0.2) is 4.79 Å². The van der Waals surface area contributed by atoms with Crippen molar-refractivity contribution in [1.82, 2.24) is 0 Å². The van der Waals surface area contributed by atoms with Crippen molar-refractivity contribution < 1.29 is 69.5 Å². The van der Waals surface area contributed by atoms with E-state index >= 15 is 0 Å². The highest BCUT2D eigenvalue weighted by Crippen LogP contribution is 2.46. The Bertz CT molecular complexity index is 1430. The van der Waals surface area contributed by atoms with Gasteiger partial charge in [-0.2, -0.15) is 0 Å². The number of ketones is 2. The van der Waals surface area contributed by atoms with Crippen LogP contribution < -0.4 is 23.7 Å². The monoisotopic (exact) mass is 588 g/mol. The number of aromatic hydroxyl groups is 1. The zero-order valence-electron chi connectivity index (χ0n) is 20.9. The van der Waals surface area contributed by atoms with E-state index in [0.717, 1.165) is 68.8 Å². The first kappa shape index (κ1) is 30.6. The number of rotatable bonds is 10. The lowest BCUT2D eigenvalue weighted by molar-refractivity contribution is -0.275. The van der Waals surface area contributed by atoms with E-state index in [4.69, 9.17) is 14.2 Å².